The number of carbonyl (C=O) groups excluding carboxylic acids is 1. The number of benzene rings is 2. The monoisotopic (exact) mass is 342 g/mol. The molecule has 6 heteroatoms. The van der Waals surface area contributed by atoms with Crippen molar-refractivity contribution >= 4 is 23.0 Å². The van der Waals surface area contributed by atoms with E-state index in [1.165, 1.54) is 6.07 Å². The Morgan fingerprint density at radius 3 is 2.32 bits per heavy atom. The standard InChI is InChI=1S/C19H23FN4O/c1-2-22-19(25)14-7-8-18(16(21)13-14)24-11-9-23(10-12-24)17-6-4-3-5-15(17)20/h3-8,13H,2,9-12,21H2,1H3,(H,22,25). The smallest absolute Gasteiger partial charge is 0.251 e. The molecule has 1 aliphatic heterocycles. The van der Waals surface area contributed by atoms with E-state index in [0.29, 0.717) is 23.5 Å². The molecule has 0 bridgehead atoms. The van der Waals surface area contributed by atoms with Crippen molar-refractivity contribution in [3.63, 3.8) is 0 Å². The number of hydrogen-bond acceptors (Lipinski definition) is 4. The van der Waals surface area contributed by atoms with Crippen molar-refractivity contribution in [2.45, 2.75) is 6.92 Å². The van der Waals surface area contributed by atoms with E-state index in [-0.39, 0.29) is 11.7 Å². The van der Waals surface area contributed by atoms with Crippen LogP contribution in [0.4, 0.5) is 21.5 Å². The third-order valence-corrected chi connectivity index (χ3v) is 4.44. The molecule has 0 spiro atoms. The lowest BCUT2D eigenvalue weighted by Crippen LogP contribution is -2.47. The molecule has 1 fully saturated rings. The van der Waals surface area contributed by atoms with Gasteiger partial charge in [0, 0.05) is 38.3 Å². The van der Waals surface area contributed by atoms with Crippen LogP contribution in [0.1, 0.15) is 17.3 Å². The highest BCUT2D eigenvalue weighted by Crippen LogP contribution is 2.27. The van der Waals surface area contributed by atoms with E-state index in [2.05, 4.69) is 10.2 Å². The maximum absolute atomic E-state index is 13.9. The van der Waals surface area contributed by atoms with E-state index < -0.39 is 0 Å². The van der Waals surface area contributed by atoms with Crippen LogP contribution in [0.25, 0.3) is 0 Å². The second kappa shape index (κ2) is 7.42. The van der Waals surface area contributed by atoms with Crippen LogP contribution in [0, 0.1) is 5.82 Å². The van der Waals surface area contributed by atoms with Gasteiger partial charge in [0.2, 0.25) is 0 Å². The van der Waals surface area contributed by atoms with Crippen LogP contribution in [0.3, 0.4) is 0 Å². The van der Waals surface area contributed by atoms with Crippen LogP contribution < -0.4 is 20.9 Å². The SMILES string of the molecule is CCNC(=O)c1ccc(N2CCN(c3ccccc3F)CC2)c(N)c1. The third-order valence-electron chi connectivity index (χ3n) is 4.44. The van der Waals surface area contributed by atoms with Crippen LogP contribution in [-0.4, -0.2) is 38.6 Å². The van der Waals surface area contributed by atoms with Gasteiger partial charge in [0.1, 0.15) is 5.82 Å². The van der Waals surface area contributed by atoms with Crippen LogP contribution in [0.15, 0.2) is 42.5 Å². The molecule has 1 aliphatic rings. The number of amides is 1. The number of rotatable bonds is 4. The number of halogens is 1. The molecule has 25 heavy (non-hydrogen) atoms. The van der Waals surface area contributed by atoms with E-state index in [9.17, 15) is 9.18 Å². The van der Waals surface area contributed by atoms with E-state index in [1.54, 1.807) is 24.3 Å². The maximum atomic E-state index is 13.9. The Bertz CT molecular complexity index is 757. The van der Waals surface area contributed by atoms with Crippen molar-refractivity contribution < 1.29 is 9.18 Å². The van der Waals surface area contributed by atoms with Gasteiger partial charge in [-0.25, -0.2) is 4.39 Å². The van der Waals surface area contributed by atoms with Gasteiger partial charge in [0.25, 0.3) is 5.91 Å². The minimum absolute atomic E-state index is 0.120. The van der Waals surface area contributed by atoms with Gasteiger partial charge in [0.15, 0.2) is 0 Å². The van der Waals surface area contributed by atoms with Crippen LogP contribution in [0.5, 0.6) is 0 Å². The zero-order valence-corrected chi connectivity index (χ0v) is 14.3. The fourth-order valence-corrected chi connectivity index (χ4v) is 3.14. The minimum Gasteiger partial charge on any atom is -0.397 e. The average Bonchev–Trinajstić information content (AvgIpc) is 2.62. The summed E-state index contributed by atoms with van der Waals surface area (Å²) in [6.07, 6.45) is 0. The van der Waals surface area contributed by atoms with Crippen LogP contribution in [0.2, 0.25) is 0 Å². The molecule has 0 atom stereocenters. The summed E-state index contributed by atoms with van der Waals surface area (Å²) < 4.78 is 13.9. The summed E-state index contributed by atoms with van der Waals surface area (Å²) >= 11 is 0. The van der Waals surface area contributed by atoms with Crippen LogP contribution >= 0.6 is 0 Å². The molecule has 0 aliphatic carbocycles. The zero-order chi connectivity index (χ0) is 17.8. The van der Waals surface area contributed by atoms with Crippen molar-refractivity contribution in [2.24, 2.45) is 0 Å². The molecule has 3 rings (SSSR count). The van der Waals surface area contributed by atoms with Gasteiger partial charge in [-0.2, -0.15) is 0 Å². The van der Waals surface area contributed by atoms with Gasteiger partial charge in [-0.05, 0) is 37.3 Å². The lowest BCUT2D eigenvalue weighted by molar-refractivity contribution is 0.0956. The second-order valence-corrected chi connectivity index (χ2v) is 6.06. The quantitative estimate of drug-likeness (QED) is 0.838. The van der Waals surface area contributed by atoms with Crippen molar-refractivity contribution in [2.75, 3.05) is 48.3 Å². The Hall–Kier alpha value is -2.76. The first-order valence-corrected chi connectivity index (χ1v) is 8.52. The molecular formula is C19H23FN4O. The van der Waals surface area contributed by atoms with Gasteiger partial charge in [-0.1, -0.05) is 12.1 Å². The summed E-state index contributed by atoms with van der Waals surface area (Å²) in [6, 6.07) is 12.2. The molecule has 0 saturated carbocycles. The predicted molar refractivity (Wildman–Crippen MR) is 99.7 cm³/mol. The Kier molecular flexibility index (Phi) is 5.07. The summed E-state index contributed by atoms with van der Waals surface area (Å²) in [7, 11) is 0. The highest BCUT2D eigenvalue weighted by Gasteiger charge is 2.21. The molecule has 132 valence electrons. The first-order valence-electron chi connectivity index (χ1n) is 8.52. The molecule has 1 saturated heterocycles. The molecule has 5 nitrogen and oxygen atoms in total. The third kappa shape index (κ3) is 3.68. The minimum atomic E-state index is -0.193. The second-order valence-electron chi connectivity index (χ2n) is 6.06. The molecule has 0 unspecified atom stereocenters. The number of nitrogens with zero attached hydrogens (tertiary/aromatic N) is 2. The summed E-state index contributed by atoms with van der Waals surface area (Å²) in [6.45, 7) is 5.40. The number of nitrogens with one attached hydrogen (secondary N) is 1. The van der Waals surface area contributed by atoms with Crippen molar-refractivity contribution in [3.05, 3.63) is 53.8 Å². The topological polar surface area (TPSA) is 61.6 Å². The van der Waals surface area contributed by atoms with Crippen LogP contribution in [-0.2, 0) is 0 Å². The molecule has 0 aromatic heterocycles. The number of anilines is 3. The van der Waals surface area contributed by atoms with Gasteiger partial charge in [-0.3, -0.25) is 4.79 Å². The van der Waals surface area contributed by atoms with E-state index in [4.69, 9.17) is 5.73 Å². The molecular weight excluding hydrogens is 319 g/mol. The summed E-state index contributed by atoms with van der Waals surface area (Å²) in [5.74, 6) is -0.313. The number of piperazine rings is 1. The number of nitrogen functional groups attached to an aromatic ring is 1. The fourth-order valence-electron chi connectivity index (χ4n) is 3.14. The maximum Gasteiger partial charge on any atom is 0.251 e. The first kappa shape index (κ1) is 17.1. The van der Waals surface area contributed by atoms with Crippen molar-refractivity contribution in [1.82, 2.24) is 5.32 Å². The lowest BCUT2D eigenvalue weighted by atomic mass is 10.1. The highest BCUT2D eigenvalue weighted by molar-refractivity contribution is 5.96. The fraction of sp³-hybridized carbons (Fsp3) is 0.316. The molecule has 2 aromatic rings. The first-order chi connectivity index (χ1) is 12.1. The normalized spacial score (nSPS) is 14.5. The van der Waals surface area contributed by atoms with Crippen molar-refractivity contribution in [3.8, 4) is 0 Å². The number of nitrogens with two attached hydrogens (primary N) is 1. The predicted octanol–water partition coefficient (Wildman–Crippen LogP) is 2.48. The molecule has 1 heterocycles. The average molecular weight is 342 g/mol. The molecule has 2 aromatic carbocycles. The number of hydrogen-bond donors (Lipinski definition) is 2. The zero-order valence-electron chi connectivity index (χ0n) is 14.3. The molecule has 0 radical (unpaired) electrons. The number of carbonyl (C=O) groups is 1. The van der Waals surface area contributed by atoms with E-state index >= 15 is 0 Å². The van der Waals surface area contributed by atoms with E-state index in [1.807, 2.05) is 24.0 Å². The Balaban J connectivity index is 1.69. The Labute approximate surface area is 147 Å². The van der Waals surface area contributed by atoms with Gasteiger partial charge in [-0.15, -0.1) is 0 Å². The van der Waals surface area contributed by atoms with Crippen molar-refractivity contribution in [1.29, 1.82) is 0 Å². The Morgan fingerprint density at radius 2 is 1.72 bits per heavy atom. The van der Waals surface area contributed by atoms with Gasteiger partial charge < -0.3 is 20.9 Å². The summed E-state index contributed by atoms with van der Waals surface area (Å²) in [5, 5.41) is 2.77. The molecule has 3 N–H and O–H groups in total. The van der Waals surface area contributed by atoms with Gasteiger partial charge in [0.05, 0.1) is 17.1 Å². The molecule has 1 amide bonds. The highest BCUT2D eigenvalue weighted by atomic mass is 19.1. The summed E-state index contributed by atoms with van der Waals surface area (Å²) in [4.78, 5) is 16.1. The Morgan fingerprint density at radius 1 is 1.08 bits per heavy atom. The largest absolute Gasteiger partial charge is 0.397 e. The summed E-state index contributed by atoms with van der Waals surface area (Å²) in [5.41, 5.74) is 8.87. The lowest BCUT2D eigenvalue weighted by Gasteiger charge is -2.38. The number of para-hydroxylation sites is 1. The van der Waals surface area contributed by atoms with Gasteiger partial charge >= 0.3 is 0 Å². The van der Waals surface area contributed by atoms with E-state index in [0.717, 1.165) is 31.9 Å².